The van der Waals surface area contributed by atoms with E-state index in [-0.39, 0.29) is 5.82 Å². The van der Waals surface area contributed by atoms with Crippen molar-refractivity contribution in [1.29, 1.82) is 0 Å². The number of ether oxygens (including phenoxy) is 1. The molecule has 1 fully saturated rings. The Kier molecular flexibility index (Phi) is 8.96. The maximum atomic E-state index is 14.6. The summed E-state index contributed by atoms with van der Waals surface area (Å²) in [6.45, 7) is 4.20. The van der Waals surface area contributed by atoms with Gasteiger partial charge in [-0.05, 0) is 30.7 Å². The number of aromatic nitrogens is 2. The fraction of sp³-hybridized carbons (Fsp3) is 0.292. The first-order chi connectivity index (χ1) is 16.7. The number of hydrogen-bond donors (Lipinski definition) is 2. The van der Waals surface area contributed by atoms with Gasteiger partial charge in [0.25, 0.3) is 0 Å². The predicted molar refractivity (Wildman–Crippen MR) is 122 cm³/mol. The third kappa shape index (κ3) is 7.92. The summed E-state index contributed by atoms with van der Waals surface area (Å²) < 4.78 is 52.0. The van der Waals surface area contributed by atoms with Crippen LogP contribution in [0.25, 0.3) is 11.3 Å². The van der Waals surface area contributed by atoms with Crippen molar-refractivity contribution in [2.45, 2.75) is 19.2 Å². The number of carboxylic acid groups (broad SMARTS) is 1. The Morgan fingerprint density at radius 2 is 1.80 bits per heavy atom. The maximum Gasteiger partial charge on any atom is 0.490 e. The van der Waals surface area contributed by atoms with Gasteiger partial charge in [0, 0.05) is 31.3 Å². The smallest absolute Gasteiger partial charge is 0.489 e. The predicted octanol–water partition coefficient (Wildman–Crippen LogP) is 4.29. The Morgan fingerprint density at radius 1 is 1.06 bits per heavy atom. The summed E-state index contributed by atoms with van der Waals surface area (Å²) in [5.41, 5.74) is 1.98. The summed E-state index contributed by atoms with van der Waals surface area (Å²) in [5.74, 6) is -1.80. The third-order valence-electron chi connectivity index (χ3n) is 5.01. The van der Waals surface area contributed by atoms with Gasteiger partial charge in [-0.15, -0.1) is 0 Å². The molecule has 0 unspecified atom stereocenters. The molecule has 2 N–H and O–H groups in total. The Morgan fingerprint density at radius 3 is 2.43 bits per heavy atom. The van der Waals surface area contributed by atoms with E-state index < -0.39 is 12.1 Å². The van der Waals surface area contributed by atoms with Crippen LogP contribution >= 0.6 is 0 Å². The second-order valence-corrected chi connectivity index (χ2v) is 7.57. The lowest BCUT2D eigenvalue weighted by Gasteiger charge is -2.20. The molecule has 3 aromatic rings. The molecule has 0 amide bonds. The molecule has 0 spiro atoms. The standard InChI is InChI=1S/C22H23FN4O.C2HF3O2/c23-20-13-18(28-16-17-5-2-1-3-6-17)7-8-19(20)21-14-26-22(15-25-21)27-11-4-9-24-10-12-27;3-2(4,5)1(6)7/h1-3,5-8,13-15,24H,4,9-12,16H2;(H,6,7). The molecule has 35 heavy (non-hydrogen) atoms. The first-order valence-electron chi connectivity index (χ1n) is 10.8. The average molecular weight is 492 g/mol. The van der Waals surface area contributed by atoms with Crippen molar-refractivity contribution in [3.8, 4) is 17.0 Å². The SMILES string of the molecule is Fc1cc(OCc2ccccc2)ccc1-c1cnc(N2CCCNCC2)cn1.O=C(O)C(F)(F)F. The van der Waals surface area contributed by atoms with Gasteiger partial charge in [-0.1, -0.05) is 30.3 Å². The van der Waals surface area contributed by atoms with Gasteiger partial charge in [-0.3, -0.25) is 4.98 Å². The highest BCUT2D eigenvalue weighted by Crippen LogP contribution is 2.26. The number of carbonyl (C=O) groups is 1. The van der Waals surface area contributed by atoms with Crippen LogP contribution in [-0.2, 0) is 11.4 Å². The van der Waals surface area contributed by atoms with Crippen molar-refractivity contribution >= 4 is 11.8 Å². The number of rotatable bonds is 5. The average Bonchev–Trinajstić information content (AvgIpc) is 3.13. The fourth-order valence-electron chi connectivity index (χ4n) is 3.23. The molecule has 2 heterocycles. The molecule has 0 atom stereocenters. The summed E-state index contributed by atoms with van der Waals surface area (Å²) in [4.78, 5) is 20.0. The summed E-state index contributed by atoms with van der Waals surface area (Å²) in [5, 5.41) is 10.5. The molecule has 1 aliphatic rings. The highest BCUT2D eigenvalue weighted by molar-refractivity contribution is 5.73. The number of alkyl halides is 3. The van der Waals surface area contributed by atoms with Crippen LogP contribution in [0, 0.1) is 5.82 Å². The van der Waals surface area contributed by atoms with Gasteiger partial charge in [-0.25, -0.2) is 14.2 Å². The van der Waals surface area contributed by atoms with Crippen LogP contribution in [0.1, 0.15) is 12.0 Å². The van der Waals surface area contributed by atoms with Gasteiger partial charge in [0.2, 0.25) is 0 Å². The van der Waals surface area contributed by atoms with Gasteiger partial charge in [-0.2, -0.15) is 13.2 Å². The van der Waals surface area contributed by atoms with Crippen LogP contribution < -0.4 is 15.0 Å². The van der Waals surface area contributed by atoms with E-state index >= 15 is 0 Å². The number of nitrogens with one attached hydrogen (secondary N) is 1. The molecular formula is C24H24F4N4O3. The number of halogens is 4. The monoisotopic (exact) mass is 492 g/mol. The number of carboxylic acids is 1. The molecule has 7 nitrogen and oxygen atoms in total. The van der Waals surface area contributed by atoms with Gasteiger partial charge in [0.1, 0.15) is 24.0 Å². The number of nitrogens with zero attached hydrogens (tertiary/aromatic N) is 3. The summed E-state index contributed by atoms with van der Waals surface area (Å²) in [6.07, 6.45) is -0.654. The molecule has 1 aromatic heterocycles. The number of anilines is 1. The molecule has 0 bridgehead atoms. The molecule has 11 heteroatoms. The molecule has 0 aliphatic carbocycles. The number of aliphatic carboxylic acids is 1. The van der Waals surface area contributed by atoms with E-state index in [9.17, 15) is 17.6 Å². The molecule has 1 aliphatic heterocycles. The van der Waals surface area contributed by atoms with Gasteiger partial charge in [0.05, 0.1) is 18.1 Å². The van der Waals surface area contributed by atoms with Crippen molar-refractivity contribution < 1.29 is 32.2 Å². The molecule has 2 aromatic carbocycles. The summed E-state index contributed by atoms with van der Waals surface area (Å²) in [7, 11) is 0. The highest BCUT2D eigenvalue weighted by atomic mass is 19.4. The zero-order chi connectivity index (χ0) is 25.3. The topological polar surface area (TPSA) is 87.6 Å². The normalized spacial score (nSPS) is 13.9. The Hall–Kier alpha value is -3.73. The van der Waals surface area contributed by atoms with Crippen LogP contribution in [0.3, 0.4) is 0 Å². The van der Waals surface area contributed by atoms with Gasteiger partial charge >= 0.3 is 12.1 Å². The zero-order valence-electron chi connectivity index (χ0n) is 18.6. The van der Waals surface area contributed by atoms with Gasteiger partial charge < -0.3 is 20.1 Å². The molecule has 1 saturated heterocycles. The minimum Gasteiger partial charge on any atom is -0.489 e. The minimum absolute atomic E-state index is 0.369. The zero-order valence-corrected chi connectivity index (χ0v) is 18.6. The largest absolute Gasteiger partial charge is 0.490 e. The number of benzene rings is 2. The van der Waals surface area contributed by atoms with Crippen molar-refractivity contribution in [1.82, 2.24) is 15.3 Å². The number of hydrogen-bond acceptors (Lipinski definition) is 6. The molecule has 4 rings (SSSR count). The van der Waals surface area contributed by atoms with Crippen molar-refractivity contribution in [2.75, 3.05) is 31.1 Å². The lowest BCUT2D eigenvalue weighted by atomic mass is 10.1. The van der Waals surface area contributed by atoms with Crippen LogP contribution in [0.5, 0.6) is 5.75 Å². The quantitative estimate of drug-likeness (QED) is 0.514. The van der Waals surface area contributed by atoms with Gasteiger partial charge in [0.15, 0.2) is 0 Å². The van der Waals surface area contributed by atoms with Crippen LogP contribution in [0.4, 0.5) is 23.4 Å². The summed E-state index contributed by atoms with van der Waals surface area (Å²) in [6, 6.07) is 14.7. The summed E-state index contributed by atoms with van der Waals surface area (Å²) >= 11 is 0. The van der Waals surface area contributed by atoms with E-state index in [4.69, 9.17) is 14.6 Å². The maximum absolute atomic E-state index is 14.6. The Balaban J connectivity index is 0.000000429. The van der Waals surface area contributed by atoms with Crippen molar-refractivity contribution in [2.24, 2.45) is 0 Å². The van der Waals surface area contributed by atoms with E-state index in [0.29, 0.717) is 23.6 Å². The van der Waals surface area contributed by atoms with E-state index in [0.717, 1.165) is 44.0 Å². The Bertz CT molecular complexity index is 1090. The van der Waals surface area contributed by atoms with Crippen molar-refractivity contribution in [3.05, 3.63) is 72.3 Å². The first kappa shape index (κ1) is 25.9. The highest BCUT2D eigenvalue weighted by Gasteiger charge is 2.38. The second kappa shape index (κ2) is 12.1. The first-order valence-corrected chi connectivity index (χ1v) is 10.8. The fourth-order valence-corrected chi connectivity index (χ4v) is 3.23. The van der Waals surface area contributed by atoms with E-state index in [1.807, 2.05) is 30.3 Å². The second-order valence-electron chi connectivity index (χ2n) is 7.57. The van der Waals surface area contributed by atoms with Crippen LogP contribution in [0.15, 0.2) is 60.9 Å². The lowest BCUT2D eigenvalue weighted by molar-refractivity contribution is -0.192. The molecular weight excluding hydrogens is 468 g/mol. The molecule has 186 valence electrons. The Labute approximate surface area is 199 Å². The third-order valence-corrected chi connectivity index (χ3v) is 5.01. The lowest BCUT2D eigenvalue weighted by Crippen LogP contribution is -2.28. The van der Waals surface area contributed by atoms with E-state index in [1.165, 1.54) is 6.07 Å². The van der Waals surface area contributed by atoms with Crippen LogP contribution in [-0.4, -0.2) is 53.4 Å². The molecule has 0 radical (unpaired) electrons. The molecule has 0 saturated carbocycles. The van der Waals surface area contributed by atoms with E-state index in [2.05, 4.69) is 20.2 Å². The van der Waals surface area contributed by atoms with Crippen molar-refractivity contribution in [3.63, 3.8) is 0 Å². The minimum atomic E-state index is -5.08. The van der Waals surface area contributed by atoms with Crippen LogP contribution in [0.2, 0.25) is 0 Å². The van der Waals surface area contributed by atoms with E-state index in [1.54, 1.807) is 24.5 Å².